The molecule has 1 heterocycles. The van der Waals surface area contributed by atoms with Crippen molar-refractivity contribution in [2.24, 2.45) is 0 Å². The highest BCUT2D eigenvalue weighted by atomic mass is 79.9. The highest BCUT2D eigenvalue weighted by Crippen LogP contribution is 2.42. The fraction of sp³-hybridized carbons (Fsp3) is 0.118. The summed E-state index contributed by atoms with van der Waals surface area (Å²) in [6, 6.07) is 6.43. The minimum atomic E-state index is -1.89. The van der Waals surface area contributed by atoms with Crippen molar-refractivity contribution in [3.63, 3.8) is 0 Å². The lowest BCUT2D eigenvalue weighted by Crippen LogP contribution is -2.33. The first-order valence-electron chi connectivity index (χ1n) is 7.13. The normalized spacial score (nSPS) is 19.4. The minimum absolute atomic E-state index is 0.00882. The van der Waals surface area contributed by atoms with E-state index in [1.54, 1.807) is 24.3 Å². The summed E-state index contributed by atoms with van der Waals surface area (Å²) < 4.78 is 6.86. The SMILES string of the molecule is O=C1C=C(c2cc(Br)c(O)c(Br)c2)[C@@](O)(Cc2cc(Br)c(O)c(Br)c2)O1. The first kappa shape index (κ1) is 19.9. The second-order valence-electron chi connectivity index (χ2n) is 5.64. The van der Waals surface area contributed by atoms with Gasteiger partial charge in [-0.15, -0.1) is 0 Å². The van der Waals surface area contributed by atoms with E-state index in [1.165, 1.54) is 6.08 Å². The third kappa shape index (κ3) is 3.73. The molecule has 1 aliphatic heterocycles. The Balaban J connectivity index is 2.03. The van der Waals surface area contributed by atoms with Crippen LogP contribution in [-0.4, -0.2) is 27.1 Å². The van der Waals surface area contributed by atoms with Crippen molar-refractivity contribution in [1.29, 1.82) is 0 Å². The van der Waals surface area contributed by atoms with Gasteiger partial charge in [-0.25, -0.2) is 4.79 Å². The fourth-order valence-corrected chi connectivity index (χ4v) is 5.11. The van der Waals surface area contributed by atoms with Crippen LogP contribution in [0.15, 0.2) is 48.2 Å². The zero-order valence-electron chi connectivity index (χ0n) is 12.8. The molecule has 0 radical (unpaired) electrons. The summed E-state index contributed by atoms with van der Waals surface area (Å²) in [5, 5.41) is 30.7. The molecule has 2 aromatic carbocycles. The lowest BCUT2D eigenvalue weighted by Gasteiger charge is -2.26. The maximum Gasteiger partial charge on any atom is 0.334 e. The number of cyclic esters (lactones) is 1. The molecule has 1 atom stereocenters. The summed E-state index contributed by atoms with van der Waals surface area (Å²) in [6.07, 6.45) is 1.19. The topological polar surface area (TPSA) is 87.0 Å². The van der Waals surface area contributed by atoms with E-state index in [0.29, 0.717) is 29.0 Å². The van der Waals surface area contributed by atoms with Crippen molar-refractivity contribution in [3.8, 4) is 11.5 Å². The van der Waals surface area contributed by atoms with Crippen molar-refractivity contribution in [2.75, 3.05) is 0 Å². The number of phenolic OH excluding ortho intramolecular Hbond substituents is 2. The molecule has 3 rings (SSSR count). The highest BCUT2D eigenvalue weighted by Gasteiger charge is 2.42. The van der Waals surface area contributed by atoms with Crippen LogP contribution in [0, 0.1) is 0 Å². The van der Waals surface area contributed by atoms with Gasteiger partial charge in [0.05, 0.1) is 17.9 Å². The number of phenols is 2. The maximum absolute atomic E-state index is 11.9. The summed E-state index contributed by atoms with van der Waals surface area (Å²) in [7, 11) is 0. The standard InChI is InChI=1S/C17H10Br4O5/c18-10-1-7(2-11(19)15(10)23)6-17(25)9(5-14(22)26-17)8-3-12(20)16(24)13(21)4-8/h1-5,23-25H,6H2/t17-/m1/s1. The van der Waals surface area contributed by atoms with Crippen LogP contribution in [0.3, 0.4) is 0 Å². The third-order valence-electron chi connectivity index (χ3n) is 3.80. The van der Waals surface area contributed by atoms with E-state index < -0.39 is 11.8 Å². The van der Waals surface area contributed by atoms with Gasteiger partial charge in [0, 0.05) is 18.1 Å². The average molecular weight is 614 g/mol. The van der Waals surface area contributed by atoms with Gasteiger partial charge in [-0.3, -0.25) is 0 Å². The Labute approximate surface area is 182 Å². The van der Waals surface area contributed by atoms with Crippen LogP contribution in [0.25, 0.3) is 5.57 Å². The Morgan fingerprint density at radius 2 is 1.35 bits per heavy atom. The number of aliphatic hydroxyl groups is 1. The molecule has 0 amide bonds. The number of ether oxygens (including phenoxy) is 1. The molecule has 0 saturated heterocycles. The molecule has 0 aliphatic carbocycles. The third-order valence-corrected chi connectivity index (χ3v) is 6.22. The highest BCUT2D eigenvalue weighted by molar-refractivity contribution is 9.11. The molecule has 0 saturated carbocycles. The smallest absolute Gasteiger partial charge is 0.334 e. The molecule has 0 bridgehead atoms. The van der Waals surface area contributed by atoms with E-state index in [0.717, 1.165) is 0 Å². The van der Waals surface area contributed by atoms with Gasteiger partial charge in [0.1, 0.15) is 11.5 Å². The summed E-state index contributed by atoms with van der Waals surface area (Å²) >= 11 is 12.9. The van der Waals surface area contributed by atoms with Gasteiger partial charge >= 0.3 is 5.97 Å². The van der Waals surface area contributed by atoms with Crippen molar-refractivity contribution in [2.45, 2.75) is 12.2 Å². The van der Waals surface area contributed by atoms with E-state index in [9.17, 15) is 20.1 Å². The van der Waals surface area contributed by atoms with Crippen LogP contribution in [-0.2, 0) is 16.0 Å². The monoisotopic (exact) mass is 610 g/mol. The number of rotatable bonds is 3. The molecule has 5 nitrogen and oxygen atoms in total. The quantitative estimate of drug-likeness (QED) is 0.424. The molecular weight excluding hydrogens is 604 g/mol. The Bertz CT molecular complexity index is 910. The van der Waals surface area contributed by atoms with Gasteiger partial charge in [0.25, 0.3) is 0 Å². The van der Waals surface area contributed by atoms with Gasteiger partial charge in [-0.1, -0.05) is 0 Å². The van der Waals surface area contributed by atoms with Crippen LogP contribution in [0.1, 0.15) is 11.1 Å². The molecule has 0 fully saturated rings. The van der Waals surface area contributed by atoms with Gasteiger partial charge in [0.15, 0.2) is 0 Å². The number of benzene rings is 2. The van der Waals surface area contributed by atoms with Crippen LogP contribution in [0.4, 0.5) is 0 Å². The first-order valence-corrected chi connectivity index (χ1v) is 10.3. The Kier molecular flexibility index (Phi) is 5.56. The molecule has 0 unspecified atom stereocenters. The fourth-order valence-electron chi connectivity index (χ4n) is 2.64. The van der Waals surface area contributed by atoms with Crippen molar-refractivity contribution >= 4 is 75.3 Å². The largest absolute Gasteiger partial charge is 0.506 e. The molecule has 0 aromatic heterocycles. The Morgan fingerprint density at radius 3 is 1.85 bits per heavy atom. The molecule has 26 heavy (non-hydrogen) atoms. The first-order chi connectivity index (χ1) is 12.1. The van der Waals surface area contributed by atoms with E-state index in [-0.39, 0.29) is 23.5 Å². The molecule has 1 aliphatic rings. The number of hydrogen-bond donors (Lipinski definition) is 3. The number of esters is 1. The van der Waals surface area contributed by atoms with E-state index in [1.807, 2.05) is 0 Å². The summed E-state index contributed by atoms with van der Waals surface area (Å²) in [5.74, 6) is -2.51. The lowest BCUT2D eigenvalue weighted by molar-refractivity contribution is -0.174. The molecule has 2 aromatic rings. The van der Waals surface area contributed by atoms with Gasteiger partial charge in [-0.2, -0.15) is 0 Å². The molecular formula is C17H10Br4O5. The van der Waals surface area contributed by atoms with Crippen molar-refractivity contribution < 1.29 is 24.9 Å². The lowest BCUT2D eigenvalue weighted by atomic mass is 9.93. The van der Waals surface area contributed by atoms with Crippen LogP contribution >= 0.6 is 63.7 Å². The van der Waals surface area contributed by atoms with Crippen LogP contribution in [0.2, 0.25) is 0 Å². The van der Waals surface area contributed by atoms with Gasteiger partial charge < -0.3 is 20.1 Å². The average Bonchev–Trinajstić information content (AvgIpc) is 2.84. The van der Waals surface area contributed by atoms with Crippen molar-refractivity contribution in [1.82, 2.24) is 0 Å². The van der Waals surface area contributed by atoms with E-state index >= 15 is 0 Å². The second-order valence-corrected chi connectivity index (χ2v) is 9.05. The molecule has 136 valence electrons. The summed E-state index contributed by atoms with van der Waals surface area (Å²) in [6.45, 7) is 0. The summed E-state index contributed by atoms with van der Waals surface area (Å²) in [5.41, 5.74) is 1.40. The maximum atomic E-state index is 11.9. The van der Waals surface area contributed by atoms with Crippen LogP contribution < -0.4 is 0 Å². The Hall–Kier alpha value is -0.870. The number of hydrogen-bond acceptors (Lipinski definition) is 5. The second kappa shape index (κ2) is 7.27. The molecule has 3 N–H and O–H groups in total. The zero-order valence-corrected chi connectivity index (χ0v) is 19.1. The predicted octanol–water partition coefficient (Wildman–Crippen LogP) is 5.02. The number of halogens is 4. The van der Waals surface area contributed by atoms with Crippen molar-refractivity contribution in [3.05, 3.63) is 59.4 Å². The van der Waals surface area contributed by atoms with Gasteiger partial charge in [-0.05, 0) is 99.1 Å². The number of aromatic hydroxyl groups is 2. The van der Waals surface area contributed by atoms with Gasteiger partial charge in [0.2, 0.25) is 5.79 Å². The Morgan fingerprint density at radius 1 is 0.885 bits per heavy atom. The van der Waals surface area contributed by atoms with E-state index in [2.05, 4.69) is 63.7 Å². The predicted molar refractivity (Wildman–Crippen MR) is 110 cm³/mol. The molecule has 0 spiro atoms. The summed E-state index contributed by atoms with van der Waals surface area (Å²) in [4.78, 5) is 11.9. The van der Waals surface area contributed by atoms with E-state index in [4.69, 9.17) is 4.74 Å². The molecule has 9 heteroatoms. The zero-order chi connectivity index (χ0) is 19.2. The number of carbonyl (C=O) groups excluding carboxylic acids is 1. The minimum Gasteiger partial charge on any atom is -0.506 e. The number of carbonyl (C=O) groups is 1. The van der Waals surface area contributed by atoms with Crippen LogP contribution in [0.5, 0.6) is 11.5 Å².